The quantitative estimate of drug-likeness (QED) is 0.924. The largest absolute Gasteiger partial charge is 0.352 e. The number of nitrogens with zero attached hydrogens (tertiary/aromatic N) is 1. The van der Waals surface area contributed by atoms with Gasteiger partial charge in [0.05, 0.1) is 0 Å². The van der Waals surface area contributed by atoms with E-state index in [-0.39, 0.29) is 5.91 Å². The lowest BCUT2D eigenvalue weighted by Crippen LogP contribution is -2.31. The monoisotopic (exact) mass is 322 g/mol. The van der Waals surface area contributed by atoms with Gasteiger partial charge in [0, 0.05) is 29.2 Å². The zero-order valence-electron chi connectivity index (χ0n) is 10.9. The first-order chi connectivity index (χ1) is 9.22. The van der Waals surface area contributed by atoms with Gasteiger partial charge in [0.25, 0.3) is 5.91 Å². The predicted octanol–water partition coefficient (Wildman–Crippen LogP) is 2.66. The Morgan fingerprint density at radius 3 is 2.68 bits per heavy atom. The first-order valence-corrected chi connectivity index (χ1v) is 7.79. The molecule has 0 spiro atoms. The van der Waals surface area contributed by atoms with Crippen molar-refractivity contribution in [3.05, 3.63) is 34.3 Å². The fraction of sp³-hybridized carbons (Fsp3) is 0.533. The standard InChI is InChI=1S/C15H19BrN2O/c16-13-3-1-12(2-4-13)15(19)17-9-11-7-8-18(10-11)14-5-6-14/h1-4,11,14H,5-10H2,(H,17,19)/t11-/m0/s1. The molecule has 0 bridgehead atoms. The zero-order chi connectivity index (χ0) is 13.2. The lowest BCUT2D eigenvalue weighted by atomic mass is 10.1. The molecule has 2 fully saturated rings. The highest BCUT2D eigenvalue weighted by Crippen LogP contribution is 2.31. The summed E-state index contributed by atoms with van der Waals surface area (Å²) in [5.74, 6) is 0.664. The Morgan fingerprint density at radius 1 is 1.26 bits per heavy atom. The molecule has 1 saturated heterocycles. The van der Waals surface area contributed by atoms with Crippen LogP contribution in [0.15, 0.2) is 28.7 Å². The number of likely N-dealkylation sites (tertiary alicyclic amines) is 1. The molecule has 1 aliphatic carbocycles. The molecule has 1 atom stereocenters. The van der Waals surface area contributed by atoms with Gasteiger partial charge in [-0.3, -0.25) is 4.79 Å². The summed E-state index contributed by atoms with van der Waals surface area (Å²) < 4.78 is 1.000. The molecule has 0 unspecified atom stereocenters. The molecule has 2 aliphatic rings. The number of rotatable bonds is 4. The lowest BCUT2D eigenvalue weighted by molar-refractivity contribution is 0.0947. The smallest absolute Gasteiger partial charge is 0.251 e. The third-order valence-electron chi connectivity index (χ3n) is 4.04. The number of hydrogen-bond acceptors (Lipinski definition) is 2. The number of hydrogen-bond donors (Lipinski definition) is 1. The van der Waals surface area contributed by atoms with Crippen molar-refractivity contribution in [1.82, 2.24) is 10.2 Å². The number of halogens is 1. The van der Waals surface area contributed by atoms with Crippen LogP contribution in [0.3, 0.4) is 0 Å². The van der Waals surface area contributed by atoms with Crippen LogP contribution in [0.2, 0.25) is 0 Å². The molecule has 1 aromatic carbocycles. The van der Waals surface area contributed by atoms with Crippen LogP contribution in [0, 0.1) is 5.92 Å². The second-order valence-electron chi connectivity index (χ2n) is 5.60. The summed E-state index contributed by atoms with van der Waals surface area (Å²) in [6.45, 7) is 3.17. The Hall–Kier alpha value is -0.870. The van der Waals surface area contributed by atoms with Crippen LogP contribution < -0.4 is 5.32 Å². The van der Waals surface area contributed by atoms with Crippen LogP contribution in [0.5, 0.6) is 0 Å². The Labute approximate surface area is 122 Å². The first kappa shape index (κ1) is 13.1. The van der Waals surface area contributed by atoms with Crippen LogP contribution in [0.25, 0.3) is 0 Å². The van der Waals surface area contributed by atoms with Crippen molar-refractivity contribution in [2.75, 3.05) is 19.6 Å². The molecule has 1 amide bonds. The molecule has 4 heteroatoms. The molecule has 3 rings (SSSR count). The topological polar surface area (TPSA) is 32.3 Å². The maximum absolute atomic E-state index is 12.0. The predicted molar refractivity (Wildman–Crippen MR) is 79.2 cm³/mol. The third kappa shape index (κ3) is 3.37. The second-order valence-corrected chi connectivity index (χ2v) is 6.51. The Balaban J connectivity index is 1.46. The van der Waals surface area contributed by atoms with Crippen LogP contribution in [0.1, 0.15) is 29.6 Å². The molecule has 1 aliphatic heterocycles. The van der Waals surface area contributed by atoms with Gasteiger partial charge in [-0.1, -0.05) is 15.9 Å². The van der Waals surface area contributed by atoms with Crippen molar-refractivity contribution in [2.24, 2.45) is 5.92 Å². The van der Waals surface area contributed by atoms with Gasteiger partial charge in [0.15, 0.2) is 0 Å². The highest BCUT2D eigenvalue weighted by Gasteiger charge is 2.34. The molecular formula is C15H19BrN2O. The normalized spacial score (nSPS) is 23.5. The number of carbonyl (C=O) groups is 1. The van der Waals surface area contributed by atoms with E-state index >= 15 is 0 Å². The summed E-state index contributed by atoms with van der Waals surface area (Å²) in [4.78, 5) is 14.6. The van der Waals surface area contributed by atoms with Gasteiger partial charge in [-0.25, -0.2) is 0 Å². The SMILES string of the molecule is O=C(NC[C@@H]1CCN(C2CC2)C1)c1ccc(Br)cc1. The van der Waals surface area contributed by atoms with E-state index in [2.05, 4.69) is 26.1 Å². The van der Waals surface area contributed by atoms with Gasteiger partial charge < -0.3 is 10.2 Å². The third-order valence-corrected chi connectivity index (χ3v) is 4.57. The van der Waals surface area contributed by atoms with Gasteiger partial charge in [-0.15, -0.1) is 0 Å². The van der Waals surface area contributed by atoms with Crippen molar-refractivity contribution in [2.45, 2.75) is 25.3 Å². The lowest BCUT2D eigenvalue weighted by Gasteiger charge is -2.15. The van der Waals surface area contributed by atoms with Crippen molar-refractivity contribution in [3.8, 4) is 0 Å². The van der Waals surface area contributed by atoms with E-state index in [9.17, 15) is 4.79 Å². The Morgan fingerprint density at radius 2 is 2.00 bits per heavy atom. The summed E-state index contributed by atoms with van der Waals surface area (Å²) in [6.07, 6.45) is 3.97. The van der Waals surface area contributed by atoms with Crippen molar-refractivity contribution in [3.63, 3.8) is 0 Å². The highest BCUT2D eigenvalue weighted by molar-refractivity contribution is 9.10. The first-order valence-electron chi connectivity index (χ1n) is 7.00. The number of carbonyl (C=O) groups excluding carboxylic acids is 1. The molecule has 1 aromatic rings. The average Bonchev–Trinajstić information content (AvgIpc) is 3.16. The van der Waals surface area contributed by atoms with E-state index in [1.165, 1.54) is 25.8 Å². The number of nitrogens with one attached hydrogen (secondary N) is 1. The van der Waals surface area contributed by atoms with Gasteiger partial charge in [0.1, 0.15) is 0 Å². The molecule has 0 aromatic heterocycles. The van der Waals surface area contributed by atoms with Gasteiger partial charge >= 0.3 is 0 Å². The van der Waals surface area contributed by atoms with E-state index in [4.69, 9.17) is 0 Å². The Kier molecular flexibility index (Phi) is 3.89. The minimum absolute atomic E-state index is 0.0392. The van der Waals surface area contributed by atoms with Crippen LogP contribution in [-0.4, -0.2) is 36.5 Å². The van der Waals surface area contributed by atoms with E-state index < -0.39 is 0 Å². The summed E-state index contributed by atoms with van der Waals surface area (Å²) in [5.41, 5.74) is 0.736. The van der Waals surface area contributed by atoms with Crippen molar-refractivity contribution < 1.29 is 4.79 Å². The van der Waals surface area contributed by atoms with Crippen molar-refractivity contribution in [1.29, 1.82) is 0 Å². The molecule has 19 heavy (non-hydrogen) atoms. The summed E-state index contributed by atoms with van der Waals surface area (Å²) in [5, 5.41) is 3.06. The van der Waals surface area contributed by atoms with E-state index in [1.807, 2.05) is 24.3 Å². The molecular weight excluding hydrogens is 304 g/mol. The Bertz CT molecular complexity index is 456. The minimum Gasteiger partial charge on any atom is -0.352 e. The highest BCUT2D eigenvalue weighted by atomic mass is 79.9. The van der Waals surface area contributed by atoms with E-state index in [0.717, 1.165) is 29.2 Å². The fourth-order valence-electron chi connectivity index (χ4n) is 2.74. The summed E-state index contributed by atoms with van der Waals surface area (Å²) in [7, 11) is 0. The summed E-state index contributed by atoms with van der Waals surface area (Å²) in [6, 6.07) is 8.36. The second kappa shape index (κ2) is 5.63. The molecule has 1 N–H and O–H groups in total. The summed E-state index contributed by atoms with van der Waals surface area (Å²) >= 11 is 3.38. The van der Waals surface area contributed by atoms with Gasteiger partial charge in [0.2, 0.25) is 0 Å². The van der Waals surface area contributed by atoms with Crippen LogP contribution in [0.4, 0.5) is 0 Å². The molecule has 3 nitrogen and oxygen atoms in total. The minimum atomic E-state index is 0.0392. The average molecular weight is 323 g/mol. The van der Waals surface area contributed by atoms with Crippen LogP contribution in [-0.2, 0) is 0 Å². The number of benzene rings is 1. The van der Waals surface area contributed by atoms with E-state index in [0.29, 0.717) is 5.92 Å². The van der Waals surface area contributed by atoms with Gasteiger partial charge in [-0.2, -0.15) is 0 Å². The maximum Gasteiger partial charge on any atom is 0.251 e. The number of amides is 1. The maximum atomic E-state index is 12.0. The van der Waals surface area contributed by atoms with E-state index in [1.54, 1.807) is 0 Å². The molecule has 1 heterocycles. The molecule has 0 radical (unpaired) electrons. The van der Waals surface area contributed by atoms with Gasteiger partial charge in [-0.05, 0) is 56.0 Å². The zero-order valence-corrected chi connectivity index (χ0v) is 12.5. The molecule has 102 valence electrons. The van der Waals surface area contributed by atoms with Crippen LogP contribution >= 0.6 is 15.9 Å². The van der Waals surface area contributed by atoms with Crippen molar-refractivity contribution >= 4 is 21.8 Å². The molecule has 1 saturated carbocycles. The fourth-order valence-corrected chi connectivity index (χ4v) is 3.01.